The van der Waals surface area contributed by atoms with Crippen molar-refractivity contribution in [1.82, 2.24) is 15.1 Å². The first-order valence-corrected chi connectivity index (χ1v) is 8.79. The maximum Gasteiger partial charge on any atom is 0.274 e. The molecule has 1 aromatic heterocycles. The molecule has 2 unspecified atom stereocenters. The second kappa shape index (κ2) is 7.17. The van der Waals surface area contributed by atoms with Crippen LogP contribution >= 0.6 is 0 Å². The van der Waals surface area contributed by atoms with Crippen LogP contribution in [0.2, 0.25) is 0 Å². The molecular formula is C19H26N4O2. The summed E-state index contributed by atoms with van der Waals surface area (Å²) in [4.78, 5) is 17.1. The molecule has 2 atom stereocenters. The molecule has 134 valence electrons. The van der Waals surface area contributed by atoms with Gasteiger partial charge in [0.2, 0.25) is 5.96 Å². The van der Waals surface area contributed by atoms with Gasteiger partial charge in [-0.15, -0.1) is 0 Å². The van der Waals surface area contributed by atoms with Crippen LogP contribution < -0.4 is 15.6 Å². The van der Waals surface area contributed by atoms with E-state index in [1.54, 1.807) is 13.2 Å². The molecule has 2 aromatic rings. The van der Waals surface area contributed by atoms with Crippen molar-refractivity contribution in [3.05, 3.63) is 40.7 Å². The summed E-state index contributed by atoms with van der Waals surface area (Å²) in [6.07, 6.45) is 2.15. The molecule has 0 saturated heterocycles. The Labute approximate surface area is 147 Å². The predicted octanol–water partition coefficient (Wildman–Crippen LogP) is 2.85. The van der Waals surface area contributed by atoms with Gasteiger partial charge in [-0.3, -0.25) is 9.89 Å². The molecule has 25 heavy (non-hydrogen) atoms. The van der Waals surface area contributed by atoms with Crippen molar-refractivity contribution in [3.8, 4) is 17.0 Å². The summed E-state index contributed by atoms with van der Waals surface area (Å²) >= 11 is 0. The van der Waals surface area contributed by atoms with E-state index < -0.39 is 0 Å². The lowest BCUT2D eigenvalue weighted by molar-refractivity contribution is 0.415. The Morgan fingerprint density at radius 2 is 2.00 bits per heavy atom. The Balaban J connectivity index is 1.82. The fraction of sp³-hybridized carbons (Fsp3) is 0.474. The topological polar surface area (TPSA) is 71.4 Å². The van der Waals surface area contributed by atoms with E-state index in [2.05, 4.69) is 31.2 Å². The van der Waals surface area contributed by atoms with Gasteiger partial charge in [-0.1, -0.05) is 13.8 Å². The molecule has 0 fully saturated rings. The van der Waals surface area contributed by atoms with Gasteiger partial charge in [0.15, 0.2) is 0 Å². The van der Waals surface area contributed by atoms with Gasteiger partial charge in [-0.05, 0) is 55.5 Å². The van der Waals surface area contributed by atoms with Crippen molar-refractivity contribution in [2.24, 2.45) is 10.9 Å². The molecular weight excluding hydrogens is 316 g/mol. The number of hydrogen-bond acceptors (Lipinski definition) is 4. The lowest BCUT2D eigenvalue weighted by Crippen LogP contribution is -2.38. The molecule has 1 aliphatic heterocycles. The third kappa shape index (κ3) is 3.78. The number of H-pyrrole nitrogens is 1. The highest BCUT2D eigenvalue weighted by Crippen LogP contribution is 2.20. The van der Waals surface area contributed by atoms with Gasteiger partial charge in [0.05, 0.1) is 18.8 Å². The Hall–Kier alpha value is -2.50. The highest BCUT2D eigenvalue weighted by Gasteiger charge is 2.26. The van der Waals surface area contributed by atoms with Gasteiger partial charge in [0.25, 0.3) is 5.56 Å². The van der Waals surface area contributed by atoms with Crippen LogP contribution in [0.4, 0.5) is 0 Å². The minimum Gasteiger partial charge on any atom is -0.497 e. The summed E-state index contributed by atoms with van der Waals surface area (Å²) in [5, 5.41) is 6.48. The van der Waals surface area contributed by atoms with Gasteiger partial charge in [-0.25, -0.2) is 4.99 Å². The van der Waals surface area contributed by atoms with E-state index in [0.717, 1.165) is 29.8 Å². The summed E-state index contributed by atoms with van der Waals surface area (Å²) in [7, 11) is 1.63. The van der Waals surface area contributed by atoms with Crippen molar-refractivity contribution in [3.63, 3.8) is 0 Å². The van der Waals surface area contributed by atoms with Crippen LogP contribution in [0.15, 0.2) is 40.1 Å². The molecule has 6 heteroatoms. The Morgan fingerprint density at radius 1 is 1.28 bits per heavy atom. The van der Waals surface area contributed by atoms with Crippen molar-refractivity contribution < 1.29 is 4.74 Å². The van der Waals surface area contributed by atoms with E-state index in [1.165, 1.54) is 4.68 Å². The molecule has 0 spiro atoms. The van der Waals surface area contributed by atoms with Crippen molar-refractivity contribution >= 4 is 5.96 Å². The van der Waals surface area contributed by atoms with Gasteiger partial charge in [0, 0.05) is 12.1 Å². The summed E-state index contributed by atoms with van der Waals surface area (Å²) in [5.41, 5.74) is 1.57. The number of nitrogens with one attached hydrogen (secondary N) is 2. The minimum atomic E-state index is -0.117. The molecule has 0 saturated carbocycles. The Kier molecular flexibility index (Phi) is 4.97. The summed E-state index contributed by atoms with van der Waals surface area (Å²) < 4.78 is 6.66. The van der Waals surface area contributed by atoms with Gasteiger partial charge in [0.1, 0.15) is 5.75 Å². The zero-order chi connectivity index (χ0) is 18.0. The standard InChI is InChI=1S/C19H26N4O2/c1-12(2)5-10-16-13(3)20-19(21-16)23-18(24)11-17(22-23)14-6-8-15(25-4)9-7-14/h6-9,11-13,16,22H,5,10H2,1-4H3,(H,20,21). The molecule has 6 nitrogen and oxygen atoms in total. The van der Waals surface area contributed by atoms with Crippen molar-refractivity contribution in [2.45, 2.75) is 45.7 Å². The largest absolute Gasteiger partial charge is 0.497 e. The number of aromatic amines is 1. The first kappa shape index (κ1) is 17.3. The van der Waals surface area contributed by atoms with Crippen LogP contribution in [0.1, 0.15) is 33.6 Å². The van der Waals surface area contributed by atoms with Crippen LogP contribution in [0.5, 0.6) is 5.75 Å². The second-order valence-corrected chi connectivity index (χ2v) is 7.00. The number of aromatic nitrogens is 2. The van der Waals surface area contributed by atoms with E-state index in [-0.39, 0.29) is 17.6 Å². The van der Waals surface area contributed by atoms with Crippen LogP contribution in [-0.4, -0.2) is 34.9 Å². The zero-order valence-corrected chi connectivity index (χ0v) is 15.2. The molecule has 0 radical (unpaired) electrons. The van der Waals surface area contributed by atoms with Gasteiger partial charge >= 0.3 is 0 Å². The average molecular weight is 342 g/mol. The fourth-order valence-corrected chi connectivity index (χ4v) is 3.02. The lowest BCUT2D eigenvalue weighted by atomic mass is 10.0. The third-order valence-corrected chi connectivity index (χ3v) is 4.60. The maximum atomic E-state index is 12.4. The Bertz CT molecular complexity index is 802. The van der Waals surface area contributed by atoms with E-state index in [0.29, 0.717) is 11.9 Å². The fourth-order valence-electron chi connectivity index (χ4n) is 3.02. The molecule has 1 aliphatic rings. The quantitative estimate of drug-likeness (QED) is 0.878. The van der Waals surface area contributed by atoms with Crippen LogP contribution in [0.3, 0.4) is 0 Å². The molecule has 2 heterocycles. The highest BCUT2D eigenvalue weighted by molar-refractivity contribution is 5.84. The smallest absolute Gasteiger partial charge is 0.274 e. The molecule has 0 amide bonds. The van der Waals surface area contributed by atoms with E-state index in [4.69, 9.17) is 9.73 Å². The normalized spacial score (nSPS) is 19.8. The molecule has 3 rings (SSSR count). The van der Waals surface area contributed by atoms with E-state index in [9.17, 15) is 4.79 Å². The molecule has 2 N–H and O–H groups in total. The van der Waals surface area contributed by atoms with Crippen LogP contribution in [0, 0.1) is 5.92 Å². The van der Waals surface area contributed by atoms with Gasteiger partial charge < -0.3 is 10.1 Å². The molecule has 0 aliphatic carbocycles. The predicted molar refractivity (Wildman–Crippen MR) is 100 cm³/mol. The summed E-state index contributed by atoms with van der Waals surface area (Å²) in [6, 6.07) is 9.63. The summed E-state index contributed by atoms with van der Waals surface area (Å²) in [6.45, 7) is 6.54. The van der Waals surface area contributed by atoms with Gasteiger partial charge in [-0.2, -0.15) is 4.68 Å². The lowest BCUT2D eigenvalue weighted by Gasteiger charge is -2.14. The van der Waals surface area contributed by atoms with Crippen molar-refractivity contribution in [1.29, 1.82) is 0 Å². The summed E-state index contributed by atoms with van der Waals surface area (Å²) in [5.74, 6) is 2.04. The zero-order valence-electron chi connectivity index (χ0n) is 15.2. The number of hydrogen-bond donors (Lipinski definition) is 2. The minimum absolute atomic E-state index is 0.117. The highest BCUT2D eigenvalue weighted by atomic mass is 16.5. The average Bonchev–Trinajstić information content (AvgIpc) is 3.15. The first-order chi connectivity index (χ1) is 12.0. The first-order valence-electron chi connectivity index (χ1n) is 8.79. The van der Waals surface area contributed by atoms with Crippen molar-refractivity contribution in [2.75, 3.05) is 7.11 Å². The van der Waals surface area contributed by atoms with Crippen LogP contribution in [0.25, 0.3) is 11.3 Å². The third-order valence-electron chi connectivity index (χ3n) is 4.60. The SMILES string of the molecule is COc1ccc(-c2cc(=O)n(C3=NC(CCC(C)C)C(C)N3)[nH]2)cc1. The number of ether oxygens (including phenoxy) is 1. The number of aliphatic imine (C=N–C) groups is 1. The molecule has 1 aromatic carbocycles. The van der Waals surface area contributed by atoms with Crippen LogP contribution in [-0.2, 0) is 0 Å². The monoisotopic (exact) mass is 342 g/mol. The number of methoxy groups -OCH3 is 1. The van der Waals surface area contributed by atoms with E-state index in [1.807, 2.05) is 24.3 Å². The molecule has 0 bridgehead atoms. The Morgan fingerprint density at radius 3 is 2.64 bits per heavy atom. The number of rotatable bonds is 5. The number of nitrogens with zero attached hydrogens (tertiary/aromatic N) is 2. The number of benzene rings is 1. The second-order valence-electron chi connectivity index (χ2n) is 7.00. The maximum absolute atomic E-state index is 12.4. The van der Waals surface area contributed by atoms with E-state index >= 15 is 0 Å².